The van der Waals surface area contributed by atoms with Crippen LogP contribution in [0, 0.1) is 20.2 Å². The summed E-state index contributed by atoms with van der Waals surface area (Å²) in [5, 5.41) is 25.2. The molecule has 0 bridgehead atoms. The normalized spacial score (nSPS) is 10.7. The van der Waals surface area contributed by atoms with Crippen LogP contribution >= 0.6 is 46.4 Å². The standard InChI is InChI=1S/C24H12Cl4N2O5/c25-13-7-9-15(19(27)11-13)17-3-1-5-21(23(17)29(31)32)35-22-6-2-4-18(24(22)30(33)34)16-10-8-14(26)12-20(16)28/h1-12H. The van der Waals surface area contributed by atoms with E-state index in [1.165, 1.54) is 48.5 Å². The molecule has 0 saturated heterocycles. The second-order valence-electron chi connectivity index (χ2n) is 7.17. The highest BCUT2D eigenvalue weighted by molar-refractivity contribution is 6.37. The molecule has 0 aromatic heterocycles. The van der Waals surface area contributed by atoms with E-state index in [2.05, 4.69) is 0 Å². The molecule has 0 heterocycles. The molecule has 4 aromatic carbocycles. The molecule has 4 aromatic rings. The zero-order valence-corrected chi connectivity index (χ0v) is 20.4. The Balaban J connectivity index is 1.88. The Morgan fingerprint density at radius 2 is 0.971 bits per heavy atom. The van der Waals surface area contributed by atoms with Gasteiger partial charge in [-0.05, 0) is 48.5 Å². The van der Waals surface area contributed by atoms with Crippen molar-refractivity contribution in [2.45, 2.75) is 0 Å². The van der Waals surface area contributed by atoms with Crippen LogP contribution in [-0.2, 0) is 0 Å². The van der Waals surface area contributed by atoms with E-state index < -0.39 is 21.2 Å². The van der Waals surface area contributed by atoms with Gasteiger partial charge < -0.3 is 4.74 Å². The first-order chi connectivity index (χ1) is 16.7. The first-order valence-corrected chi connectivity index (χ1v) is 11.3. The van der Waals surface area contributed by atoms with Gasteiger partial charge in [-0.1, -0.05) is 70.7 Å². The number of nitro benzene ring substituents is 2. The van der Waals surface area contributed by atoms with Gasteiger partial charge in [0, 0.05) is 21.2 Å². The van der Waals surface area contributed by atoms with Crippen LogP contribution in [0.3, 0.4) is 0 Å². The molecule has 4 rings (SSSR count). The molecule has 0 aliphatic rings. The van der Waals surface area contributed by atoms with Crippen molar-refractivity contribution in [1.29, 1.82) is 0 Å². The van der Waals surface area contributed by atoms with Gasteiger partial charge in [0.1, 0.15) is 0 Å². The molecule has 0 atom stereocenters. The lowest BCUT2D eigenvalue weighted by atomic mass is 10.0. The predicted molar refractivity (Wildman–Crippen MR) is 137 cm³/mol. The number of ether oxygens (including phenoxy) is 1. The Morgan fingerprint density at radius 1 is 0.571 bits per heavy atom. The molecule has 176 valence electrons. The molecule has 0 spiro atoms. The van der Waals surface area contributed by atoms with E-state index in [0.29, 0.717) is 21.2 Å². The highest BCUT2D eigenvalue weighted by atomic mass is 35.5. The third-order valence-corrected chi connectivity index (χ3v) is 6.12. The number of hydrogen-bond donors (Lipinski definition) is 0. The van der Waals surface area contributed by atoms with Crippen molar-refractivity contribution >= 4 is 57.8 Å². The van der Waals surface area contributed by atoms with Crippen molar-refractivity contribution in [3.05, 3.63) is 113 Å². The molecule has 35 heavy (non-hydrogen) atoms. The number of halogens is 4. The van der Waals surface area contributed by atoms with Crippen LogP contribution in [0.5, 0.6) is 11.5 Å². The highest BCUT2D eigenvalue weighted by Gasteiger charge is 2.28. The molecule has 11 heteroatoms. The van der Waals surface area contributed by atoms with Crippen LogP contribution in [0.4, 0.5) is 11.4 Å². The minimum atomic E-state index is -0.638. The van der Waals surface area contributed by atoms with Crippen LogP contribution < -0.4 is 4.74 Å². The van der Waals surface area contributed by atoms with Gasteiger partial charge in [-0.3, -0.25) is 20.2 Å². The van der Waals surface area contributed by atoms with E-state index in [-0.39, 0.29) is 32.7 Å². The summed E-state index contributed by atoms with van der Waals surface area (Å²) in [7, 11) is 0. The SMILES string of the molecule is O=[N+]([O-])c1c(Oc2cccc(-c3ccc(Cl)cc3Cl)c2[N+](=O)[O-])cccc1-c1ccc(Cl)cc1Cl. The van der Waals surface area contributed by atoms with Crippen molar-refractivity contribution in [2.24, 2.45) is 0 Å². The number of para-hydroxylation sites is 2. The van der Waals surface area contributed by atoms with Crippen LogP contribution in [0.1, 0.15) is 0 Å². The largest absolute Gasteiger partial charge is 0.443 e. The average Bonchev–Trinajstić information content (AvgIpc) is 2.78. The molecule has 0 unspecified atom stereocenters. The second kappa shape index (κ2) is 10.1. The Bertz CT molecular complexity index is 1380. The number of rotatable bonds is 6. The molecular weight excluding hydrogens is 538 g/mol. The Morgan fingerprint density at radius 3 is 1.31 bits per heavy atom. The summed E-state index contributed by atoms with van der Waals surface area (Å²) in [4.78, 5) is 22.8. The Kier molecular flexibility index (Phi) is 7.14. The van der Waals surface area contributed by atoms with Crippen LogP contribution in [0.25, 0.3) is 22.3 Å². The van der Waals surface area contributed by atoms with Gasteiger partial charge >= 0.3 is 11.4 Å². The molecule has 7 nitrogen and oxygen atoms in total. The fraction of sp³-hybridized carbons (Fsp3) is 0. The summed E-state index contributed by atoms with van der Waals surface area (Å²) in [5.74, 6) is -0.415. The third kappa shape index (κ3) is 5.04. The molecule has 0 amide bonds. The highest BCUT2D eigenvalue weighted by Crippen LogP contribution is 2.46. The van der Waals surface area contributed by atoms with Gasteiger partial charge in [-0.25, -0.2) is 0 Å². The van der Waals surface area contributed by atoms with Gasteiger partial charge in [0.05, 0.1) is 31.0 Å². The maximum Gasteiger partial charge on any atom is 0.319 e. The van der Waals surface area contributed by atoms with Crippen molar-refractivity contribution in [1.82, 2.24) is 0 Å². The summed E-state index contributed by atoms with van der Waals surface area (Å²) >= 11 is 24.5. The van der Waals surface area contributed by atoms with Gasteiger partial charge in [0.15, 0.2) is 0 Å². The summed E-state index contributed by atoms with van der Waals surface area (Å²) in [6, 6.07) is 17.8. The number of benzene rings is 4. The van der Waals surface area contributed by atoms with Crippen LogP contribution in [0.2, 0.25) is 20.1 Å². The number of nitrogens with zero attached hydrogens (tertiary/aromatic N) is 2. The quantitative estimate of drug-likeness (QED) is 0.176. The summed E-state index contributed by atoms with van der Waals surface area (Å²) in [6.45, 7) is 0. The van der Waals surface area contributed by atoms with E-state index in [0.717, 1.165) is 0 Å². The Labute approximate surface area is 218 Å². The zero-order valence-electron chi connectivity index (χ0n) is 17.4. The van der Waals surface area contributed by atoms with Gasteiger partial charge in [-0.15, -0.1) is 0 Å². The monoisotopic (exact) mass is 548 g/mol. The number of hydrogen-bond acceptors (Lipinski definition) is 5. The van der Waals surface area contributed by atoms with Crippen molar-refractivity contribution in [3.8, 4) is 33.8 Å². The maximum absolute atomic E-state index is 12.1. The van der Waals surface area contributed by atoms with Crippen molar-refractivity contribution < 1.29 is 14.6 Å². The van der Waals surface area contributed by atoms with Crippen molar-refractivity contribution in [3.63, 3.8) is 0 Å². The van der Waals surface area contributed by atoms with Gasteiger partial charge in [0.25, 0.3) is 0 Å². The zero-order chi connectivity index (χ0) is 25.3. The fourth-order valence-electron chi connectivity index (χ4n) is 3.55. The molecule has 0 aliphatic carbocycles. The minimum absolute atomic E-state index is 0.161. The molecule has 0 saturated carbocycles. The Hall–Kier alpha value is -3.36. The molecule has 0 radical (unpaired) electrons. The lowest BCUT2D eigenvalue weighted by molar-refractivity contribution is -0.386. The maximum atomic E-state index is 12.1. The number of nitro groups is 2. The third-order valence-electron chi connectivity index (χ3n) is 5.03. The topological polar surface area (TPSA) is 95.5 Å². The fourth-order valence-corrected chi connectivity index (χ4v) is 4.58. The first-order valence-electron chi connectivity index (χ1n) is 9.81. The molecule has 0 N–H and O–H groups in total. The van der Waals surface area contributed by atoms with E-state index in [1.807, 2.05) is 0 Å². The smallest absolute Gasteiger partial charge is 0.319 e. The molecule has 0 aliphatic heterocycles. The van der Waals surface area contributed by atoms with E-state index >= 15 is 0 Å². The van der Waals surface area contributed by atoms with E-state index in [4.69, 9.17) is 51.1 Å². The van der Waals surface area contributed by atoms with Gasteiger partial charge in [0.2, 0.25) is 11.5 Å². The van der Waals surface area contributed by atoms with Crippen LogP contribution in [-0.4, -0.2) is 9.85 Å². The second-order valence-corrected chi connectivity index (χ2v) is 8.86. The summed E-state index contributed by atoms with van der Waals surface area (Å²) in [6.07, 6.45) is 0. The lowest BCUT2D eigenvalue weighted by Gasteiger charge is -2.13. The van der Waals surface area contributed by atoms with Crippen LogP contribution in [0.15, 0.2) is 72.8 Å². The molecule has 0 fully saturated rings. The predicted octanol–water partition coefficient (Wildman–Crippen LogP) is 9.24. The molecular formula is C24H12Cl4N2O5. The average molecular weight is 550 g/mol. The lowest BCUT2D eigenvalue weighted by Crippen LogP contribution is -2.00. The minimum Gasteiger partial charge on any atom is -0.443 e. The summed E-state index contributed by atoms with van der Waals surface area (Å²) in [5.41, 5.74) is 0.193. The first kappa shape index (κ1) is 24.8. The van der Waals surface area contributed by atoms with E-state index in [1.54, 1.807) is 24.3 Å². The summed E-state index contributed by atoms with van der Waals surface area (Å²) < 4.78 is 5.79. The van der Waals surface area contributed by atoms with Gasteiger partial charge in [-0.2, -0.15) is 0 Å². The van der Waals surface area contributed by atoms with Crippen molar-refractivity contribution in [2.75, 3.05) is 0 Å². The van der Waals surface area contributed by atoms with E-state index in [9.17, 15) is 20.2 Å².